The molecular weight excluding hydrogens is 1490 g/mol. The molecule has 0 amide bonds. The SMILES string of the molecule is c1ccc(-c2nc(-c3cc(-c4cccnc4)cc(-c4cccnc4)c3)nc(-c3ccc4c(c3)-c3ccccc3C43c4ccccc4-c4ccccc4-c4ccccc43)n2)cc1.c1ccc(-c2nc(-c3cc(-c4cccnc4)cc(-c4cccnc4)c3)nc(-c3cccc4c3-c3ccccc3C43c4ccccc4-c4ccccc4-c4ccccc43)n2)cc1. The lowest BCUT2D eigenvalue weighted by molar-refractivity contribution is 0.775. The highest BCUT2D eigenvalue weighted by atomic mass is 15.0. The predicted octanol–water partition coefficient (Wildman–Crippen LogP) is 26.0. The summed E-state index contributed by atoms with van der Waals surface area (Å²) in [7, 11) is 0. The van der Waals surface area contributed by atoms with E-state index >= 15 is 0 Å². The maximum atomic E-state index is 5.44. The van der Waals surface area contributed by atoms with Crippen molar-refractivity contribution < 1.29 is 0 Å². The molecule has 24 rings (SSSR count). The number of aromatic nitrogens is 10. The maximum Gasteiger partial charge on any atom is 0.164 e. The van der Waals surface area contributed by atoms with Crippen LogP contribution >= 0.6 is 0 Å². The van der Waals surface area contributed by atoms with Crippen LogP contribution in [0.1, 0.15) is 44.5 Å². The highest BCUT2D eigenvalue weighted by Crippen LogP contribution is 2.65. The second-order valence-corrected chi connectivity index (χ2v) is 31.3. The Labute approximate surface area is 705 Å². The van der Waals surface area contributed by atoms with Crippen LogP contribution in [0.25, 0.3) is 180 Å². The number of pyridine rings is 4. The number of nitrogens with zero attached hydrogens (tertiary/aromatic N) is 10. The summed E-state index contributed by atoms with van der Waals surface area (Å²) in [5.41, 5.74) is 36.9. The second-order valence-electron chi connectivity index (χ2n) is 31.3. The Kier molecular flexibility index (Phi) is 17.1. The summed E-state index contributed by atoms with van der Waals surface area (Å²) in [5, 5.41) is 0. The normalized spacial score (nSPS) is 12.7. The molecule has 6 aromatic heterocycles. The molecule has 0 bridgehead atoms. The molecule has 568 valence electrons. The van der Waals surface area contributed by atoms with E-state index in [9.17, 15) is 0 Å². The summed E-state index contributed by atoms with van der Waals surface area (Å²) in [6, 6.07) is 134. The van der Waals surface area contributed by atoms with Crippen LogP contribution in [0, 0.1) is 0 Å². The van der Waals surface area contributed by atoms with E-state index in [1.165, 1.54) is 106 Å². The molecule has 0 unspecified atom stereocenters. The lowest BCUT2D eigenvalue weighted by Gasteiger charge is -2.35. The van der Waals surface area contributed by atoms with Crippen molar-refractivity contribution >= 4 is 0 Å². The minimum Gasteiger partial charge on any atom is -0.264 e. The Bertz CT molecular complexity index is 7260. The van der Waals surface area contributed by atoms with E-state index in [2.05, 4.69) is 335 Å². The van der Waals surface area contributed by atoms with Gasteiger partial charge in [0, 0.05) is 105 Å². The van der Waals surface area contributed by atoms with Gasteiger partial charge in [0.15, 0.2) is 34.9 Å². The second kappa shape index (κ2) is 29.4. The molecule has 2 spiro atoms. The monoisotopic (exact) mass is 1550 g/mol. The van der Waals surface area contributed by atoms with Crippen LogP contribution in [0.2, 0.25) is 0 Å². The van der Waals surface area contributed by atoms with Gasteiger partial charge in [0.2, 0.25) is 0 Å². The smallest absolute Gasteiger partial charge is 0.164 e. The molecule has 0 aliphatic heterocycles. The molecule has 10 heteroatoms. The first-order valence-corrected chi connectivity index (χ1v) is 41.1. The van der Waals surface area contributed by atoms with Gasteiger partial charge in [0.1, 0.15) is 0 Å². The lowest BCUT2D eigenvalue weighted by Crippen LogP contribution is -2.29. The van der Waals surface area contributed by atoms with E-state index < -0.39 is 10.8 Å². The molecule has 0 radical (unpaired) electrons. The molecule has 10 nitrogen and oxygen atoms in total. The Balaban J connectivity index is 0.000000142. The number of hydrogen-bond acceptors (Lipinski definition) is 10. The molecule has 4 aliphatic rings. The molecule has 0 atom stereocenters. The quantitative estimate of drug-likeness (QED) is 0.130. The number of benzene rings is 14. The van der Waals surface area contributed by atoms with Crippen molar-refractivity contribution in [3.8, 4) is 180 Å². The summed E-state index contributed by atoms with van der Waals surface area (Å²) in [6.07, 6.45) is 14.7. The van der Waals surface area contributed by atoms with Gasteiger partial charge in [-0.15, -0.1) is 0 Å². The van der Waals surface area contributed by atoms with Crippen molar-refractivity contribution in [2.24, 2.45) is 0 Å². The minimum absolute atomic E-state index is 0.564. The van der Waals surface area contributed by atoms with Crippen LogP contribution in [0.5, 0.6) is 0 Å². The van der Waals surface area contributed by atoms with Gasteiger partial charge in [-0.05, 0) is 200 Å². The van der Waals surface area contributed by atoms with Crippen molar-refractivity contribution in [1.29, 1.82) is 0 Å². The molecule has 0 N–H and O–H groups in total. The number of hydrogen-bond donors (Lipinski definition) is 0. The van der Waals surface area contributed by atoms with Crippen LogP contribution in [0.15, 0.2) is 426 Å². The van der Waals surface area contributed by atoms with Crippen LogP contribution in [-0.4, -0.2) is 49.8 Å². The molecule has 0 fully saturated rings. The fraction of sp³-hybridized carbons (Fsp3) is 0.0179. The summed E-state index contributed by atoms with van der Waals surface area (Å²) in [5.74, 6) is 3.60. The zero-order chi connectivity index (χ0) is 80.7. The number of fused-ring (bicyclic) bond motifs is 24. The van der Waals surface area contributed by atoms with E-state index in [1.807, 2.05) is 85.5 Å². The molecule has 0 saturated heterocycles. The summed E-state index contributed by atoms with van der Waals surface area (Å²) in [6.45, 7) is 0. The minimum atomic E-state index is -0.622. The fourth-order valence-corrected chi connectivity index (χ4v) is 19.5. The van der Waals surface area contributed by atoms with E-state index in [0.29, 0.717) is 34.9 Å². The Hall–Kier alpha value is -16.3. The molecule has 4 aliphatic carbocycles. The molecule has 14 aromatic carbocycles. The van der Waals surface area contributed by atoms with E-state index in [1.54, 1.807) is 24.8 Å². The highest BCUT2D eigenvalue weighted by Gasteiger charge is 2.52. The van der Waals surface area contributed by atoms with Gasteiger partial charge in [-0.1, -0.05) is 309 Å². The summed E-state index contributed by atoms with van der Waals surface area (Å²) >= 11 is 0. The van der Waals surface area contributed by atoms with Gasteiger partial charge >= 0.3 is 0 Å². The van der Waals surface area contributed by atoms with Gasteiger partial charge in [-0.3, -0.25) is 19.9 Å². The van der Waals surface area contributed by atoms with Crippen molar-refractivity contribution in [2.45, 2.75) is 10.8 Å². The topological polar surface area (TPSA) is 129 Å². The van der Waals surface area contributed by atoms with Gasteiger partial charge in [-0.2, -0.15) is 0 Å². The molecule has 122 heavy (non-hydrogen) atoms. The standard InChI is InChI=1S/2C56H35N5/c1-2-15-36(16-3-1)53-59-54(41-32-39(37-17-13-29-57-34-37)31-40(33-41)38-18-14-30-58-35-38)61-55(60-53)47-24-12-28-51-52(47)46-23-8-11-27-50(46)56(51)48-25-9-6-21-44(48)42-19-4-5-20-43(42)45-22-7-10-26-49(45)56;1-2-14-36(15-3-1)53-59-54(61-55(60-53)42-31-40(38-16-12-28-57-34-38)30-41(32-42)39-17-13-29-58-35-39)37-26-27-52-48(33-37)47-22-8-11-25-51(47)56(52)49-23-9-6-20-45(49)43-18-4-5-19-44(43)46-21-7-10-24-50(46)56/h2*1-35H. The zero-order valence-electron chi connectivity index (χ0n) is 65.9. The van der Waals surface area contributed by atoms with Gasteiger partial charge in [0.25, 0.3) is 0 Å². The largest absolute Gasteiger partial charge is 0.264 e. The summed E-state index contributed by atoms with van der Waals surface area (Å²) < 4.78 is 0. The molecular formula is C112H70N10. The first-order chi connectivity index (χ1) is 60.5. The van der Waals surface area contributed by atoms with E-state index in [-0.39, 0.29) is 0 Å². The molecule has 0 saturated carbocycles. The van der Waals surface area contributed by atoms with Gasteiger partial charge in [0.05, 0.1) is 10.8 Å². The van der Waals surface area contributed by atoms with Gasteiger partial charge in [-0.25, -0.2) is 29.9 Å². The average molecular weight is 1560 g/mol. The van der Waals surface area contributed by atoms with Gasteiger partial charge < -0.3 is 0 Å². The average Bonchev–Trinajstić information content (AvgIpc) is 1.53. The lowest BCUT2D eigenvalue weighted by atomic mass is 9.66. The van der Waals surface area contributed by atoms with Crippen LogP contribution in [0.3, 0.4) is 0 Å². The van der Waals surface area contributed by atoms with Crippen LogP contribution in [-0.2, 0) is 10.8 Å². The zero-order valence-corrected chi connectivity index (χ0v) is 65.9. The number of rotatable bonds is 10. The Morgan fingerprint density at radius 3 is 0.754 bits per heavy atom. The predicted molar refractivity (Wildman–Crippen MR) is 489 cm³/mol. The third-order valence-corrected chi connectivity index (χ3v) is 24.6. The fourth-order valence-electron chi connectivity index (χ4n) is 19.5. The third kappa shape index (κ3) is 11.6. The van der Waals surface area contributed by atoms with E-state index in [4.69, 9.17) is 29.9 Å². The van der Waals surface area contributed by atoms with Crippen molar-refractivity contribution in [3.05, 3.63) is 470 Å². The first-order valence-electron chi connectivity index (χ1n) is 41.1. The Morgan fingerprint density at radius 1 is 0.139 bits per heavy atom. The molecule has 6 heterocycles. The van der Waals surface area contributed by atoms with Crippen molar-refractivity contribution in [1.82, 2.24) is 49.8 Å². The highest BCUT2D eigenvalue weighted by molar-refractivity contribution is 6.02. The van der Waals surface area contributed by atoms with Crippen LogP contribution in [0.4, 0.5) is 0 Å². The Morgan fingerprint density at radius 2 is 0.393 bits per heavy atom. The van der Waals surface area contributed by atoms with Crippen LogP contribution < -0.4 is 0 Å². The first kappa shape index (κ1) is 71.1. The van der Waals surface area contributed by atoms with Crippen molar-refractivity contribution in [3.63, 3.8) is 0 Å². The maximum absolute atomic E-state index is 5.44. The van der Waals surface area contributed by atoms with E-state index in [0.717, 1.165) is 83.5 Å². The summed E-state index contributed by atoms with van der Waals surface area (Å²) in [4.78, 5) is 49.5. The third-order valence-electron chi connectivity index (χ3n) is 24.6. The van der Waals surface area contributed by atoms with Crippen molar-refractivity contribution in [2.75, 3.05) is 0 Å². The molecule has 20 aromatic rings.